The number of benzene rings is 2. The molecule has 0 N–H and O–H groups in total. The van der Waals surface area contributed by atoms with E-state index >= 15 is 0 Å². The first-order chi connectivity index (χ1) is 12.5. The molecule has 7 nitrogen and oxygen atoms in total. The first kappa shape index (κ1) is 16.4. The third-order valence-electron chi connectivity index (χ3n) is 3.70. The van der Waals surface area contributed by atoms with Crippen LogP contribution in [0.4, 0.5) is 5.69 Å². The molecule has 0 saturated carbocycles. The maximum Gasteiger partial charge on any atom is 0.291 e. The second-order valence-electron chi connectivity index (χ2n) is 5.37. The Morgan fingerprint density at radius 2 is 1.88 bits per heavy atom. The van der Waals surface area contributed by atoms with Crippen molar-refractivity contribution in [1.82, 2.24) is 14.6 Å². The Hall–Kier alpha value is -3.10. The van der Waals surface area contributed by atoms with Crippen molar-refractivity contribution < 1.29 is 4.92 Å². The van der Waals surface area contributed by atoms with E-state index in [0.717, 1.165) is 16.9 Å². The Morgan fingerprint density at radius 3 is 2.58 bits per heavy atom. The Kier molecular flexibility index (Phi) is 3.98. The molecule has 2 aromatic heterocycles. The van der Waals surface area contributed by atoms with Crippen LogP contribution in [0.15, 0.2) is 53.3 Å². The maximum atomic E-state index is 12.6. The van der Waals surface area contributed by atoms with Crippen LogP contribution in [0.25, 0.3) is 22.4 Å². The van der Waals surface area contributed by atoms with Crippen molar-refractivity contribution >= 4 is 39.7 Å². The molecule has 0 aliphatic heterocycles. The van der Waals surface area contributed by atoms with Gasteiger partial charge in [-0.2, -0.15) is 9.50 Å². The van der Waals surface area contributed by atoms with Crippen molar-refractivity contribution in [2.75, 3.05) is 0 Å². The lowest BCUT2D eigenvalue weighted by Gasteiger charge is -1.95. The Bertz CT molecular complexity index is 1250. The van der Waals surface area contributed by atoms with Gasteiger partial charge in [0.05, 0.1) is 15.0 Å². The SMILES string of the molecule is O=c1/c(=C/c2ccccc2[N+](=O)[O-])sc2nc(-c3ccc(Cl)cc3)nn12. The molecule has 26 heavy (non-hydrogen) atoms. The van der Waals surface area contributed by atoms with E-state index in [9.17, 15) is 14.9 Å². The van der Waals surface area contributed by atoms with Crippen molar-refractivity contribution in [3.8, 4) is 11.4 Å². The molecule has 0 aliphatic carbocycles. The van der Waals surface area contributed by atoms with E-state index < -0.39 is 4.92 Å². The van der Waals surface area contributed by atoms with E-state index in [2.05, 4.69) is 10.1 Å². The predicted molar refractivity (Wildman–Crippen MR) is 99.5 cm³/mol. The average Bonchev–Trinajstić information content (AvgIpc) is 3.16. The summed E-state index contributed by atoms with van der Waals surface area (Å²) in [4.78, 5) is 28.0. The zero-order valence-electron chi connectivity index (χ0n) is 13.0. The standard InChI is InChI=1S/C17H9ClN4O3S/c18-12-7-5-10(6-8-12)15-19-17-21(20-15)16(23)14(26-17)9-11-3-1-2-4-13(11)22(24)25/h1-9H/b14-9-. The van der Waals surface area contributed by atoms with Gasteiger partial charge in [-0.25, -0.2) is 0 Å². The zero-order chi connectivity index (χ0) is 18.3. The zero-order valence-corrected chi connectivity index (χ0v) is 14.6. The second-order valence-corrected chi connectivity index (χ2v) is 6.81. The Labute approximate surface area is 155 Å². The number of rotatable bonds is 3. The summed E-state index contributed by atoms with van der Waals surface area (Å²) in [7, 11) is 0. The van der Waals surface area contributed by atoms with Crippen LogP contribution in [0.5, 0.6) is 0 Å². The van der Waals surface area contributed by atoms with Gasteiger partial charge in [0.1, 0.15) is 0 Å². The molecule has 0 amide bonds. The van der Waals surface area contributed by atoms with Gasteiger partial charge in [0.15, 0.2) is 5.82 Å². The lowest BCUT2D eigenvalue weighted by molar-refractivity contribution is -0.385. The van der Waals surface area contributed by atoms with Crippen LogP contribution >= 0.6 is 22.9 Å². The number of halogens is 1. The predicted octanol–water partition coefficient (Wildman–Crippen LogP) is 2.93. The number of nitrogens with zero attached hydrogens (tertiary/aromatic N) is 4. The number of nitro benzene ring substituents is 1. The van der Waals surface area contributed by atoms with Gasteiger partial charge in [-0.15, -0.1) is 5.10 Å². The van der Waals surface area contributed by atoms with Crippen molar-refractivity contribution in [2.45, 2.75) is 0 Å². The third-order valence-corrected chi connectivity index (χ3v) is 4.92. The highest BCUT2D eigenvalue weighted by Gasteiger charge is 2.14. The van der Waals surface area contributed by atoms with Crippen LogP contribution in [0.2, 0.25) is 5.02 Å². The summed E-state index contributed by atoms with van der Waals surface area (Å²) >= 11 is 7.00. The van der Waals surface area contributed by atoms with Gasteiger partial charge in [-0.05, 0) is 36.4 Å². The van der Waals surface area contributed by atoms with Gasteiger partial charge in [0.2, 0.25) is 4.96 Å². The number of fused-ring (bicyclic) bond motifs is 1. The van der Waals surface area contributed by atoms with Crippen LogP contribution in [-0.2, 0) is 0 Å². The number of nitro groups is 1. The van der Waals surface area contributed by atoms with Gasteiger partial charge >= 0.3 is 0 Å². The summed E-state index contributed by atoms with van der Waals surface area (Å²) in [5.74, 6) is 0.419. The number of hydrogen-bond acceptors (Lipinski definition) is 6. The minimum Gasteiger partial charge on any atom is -0.266 e. The van der Waals surface area contributed by atoms with Crippen LogP contribution < -0.4 is 10.1 Å². The summed E-state index contributed by atoms with van der Waals surface area (Å²) < 4.78 is 1.53. The summed E-state index contributed by atoms with van der Waals surface area (Å²) in [6, 6.07) is 13.2. The normalized spacial score (nSPS) is 12.0. The molecule has 9 heteroatoms. The fourth-order valence-corrected chi connectivity index (χ4v) is 3.50. The summed E-state index contributed by atoms with van der Waals surface area (Å²) in [6.07, 6.45) is 1.49. The third kappa shape index (κ3) is 2.85. The van der Waals surface area contributed by atoms with Gasteiger partial charge in [0.25, 0.3) is 11.2 Å². The molecule has 0 bridgehead atoms. The summed E-state index contributed by atoms with van der Waals surface area (Å²) in [5.41, 5.74) is 0.676. The fourth-order valence-electron chi connectivity index (χ4n) is 2.47. The molecule has 0 spiro atoms. The van der Waals surface area contributed by atoms with Crippen LogP contribution in [0.1, 0.15) is 5.56 Å². The smallest absolute Gasteiger partial charge is 0.266 e. The van der Waals surface area contributed by atoms with Gasteiger partial charge in [0, 0.05) is 16.7 Å². The molecular formula is C17H9ClN4O3S. The molecule has 2 aromatic carbocycles. The van der Waals surface area contributed by atoms with E-state index in [1.807, 2.05) is 0 Å². The van der Waals surface area contributed by atoms with Gasteiger partial charge in [-0.1, -0.05) is 35.1 Å². The van der Waals surface area contributed by atoms with Gasteiger partial charge in [-0.3, -0.25) is 14.9 Å². The molecule has 0 atom stereocenters. The van der Waals surface area contributed by atoms with Crippen molar-refractivity contribution in [3.63, 3.8) is 0 Å². The van der Waals surface area contributed by atoms with Crippen molar-refractivity contribution in [3.05, 3.63) is 84.1 Å². The Balaban J connectivity index is 1.83. The first-order valence-electron chi connectivity index (χ1n) is 7.43. The van der Waals surface area contributed by atoms with E-state index in [4.69, 9.17) is 11.6 Å². The molecule has 0 saturated heterocycles. The monoisotopic (exact) mass is 384 g/mol. The highest BCUT2D eigenvalue weighted by atomic mass is 35.5. The minimum absolute atomic E-state index is 0.0623. The molecule has 4 rings (SSSR count). The number of hydrogen-bond donors (Lipinski definition) is 0. The van der Waals surface area contributed by atoms with Crippen LogP contribution in [0.3, 0.4) is 0 Å². The fraction of sp³-hybridized carbons (Fsp3) is 0. The largest absolute Gasteiger partial charge is 0.291 e. The molecule has 128 valence electrons. The number of para-hydroxylation sites is 1. The highest BCUT2D eigenvalue weighted by molar-refractivity contribution is 7.15. The molecule has 4 aromatic rings. The second kappa shape index (κ2) is 6.32. The molecule has 0 aliphatic rings. The first-order valence-corrected chi connectivity index (χ1v) is 8.63. The lowest BCUT2D eigenvalue weighted by Crippen LogP contribution is -2.23. The quantitative estimate of drug-likeness (QED) is 0.400. The topological polar surface area (TPSA) is 90.4 Å². The average molecular weight is 385 g/mol. The molecule has 0 fully saturated rings. The minimum atomic E-state index is -0.480. The lowest BCUT2D eigenvalue weighted by atomic mass is 10.2. The Morgan fingerprint density at radius 1 is 1.15 bits per heavy atom. The molecule has 2 heterocycles. The summed E-state index contributed by atoms with van der Waals surface area (Å²) in [6.45, 7) is 0. The maximum absolute atomic E-state index is 12.6. The van der Waals surface area contributed by atoms with Crippen LogP contribution in [0, 0.1) is 10.1 Å². The molecule has 0 unspecified atom stereocenters. The van der Waals surface area contributed by atoms with E-state index in [0.29, 0.717) is 25.9 Å². The van der Waals surface area contributed by atoms with Crippen LogP contribution in [-0.4, -0.2) is 19.5 Å². The molecule has 0 radical (unpaired) electrons. The van der Waals surface area contributed by atoms with E-state index in [1.165, 1.54) is 16.7 Å². The van der Waals surface area contributed by atoms with Crippen molar-refractivity contribution in [2.24, 2.45) is 0 Å². The highest BCUT2D eigenvalue weighted by Crippen LogP contribution is 2.20. The molecular weight excluding hydrogens is 376 g/mol. The van der Waals surface area contributed by atoms with Crippen molar-refractivity contribution in [1.29, 1.82) is 0 Å². The number of aromatic nitrogens is 3. The summed E-state index contributed by atoms with van der Waals surface area (Å²) in [5, 5.41) is 16.0. The number of thiazole rings is 1. The van der Waals surface area contributed by atoms with E-state index in [-0.39, 0.29) is 11.2 Å². The van der Waals surface area contributed by atoms with E-state index in [1.54, 1.807) is 42.5 Å². The van der Waals surface area contributed by atoms with Gasteiger partial charge < -0.3 is 0 Å².